The monoisotopic (exact) mass is 657 g/mol. The Morgan fingerprint density at radius 3 is 1.91 bits per heavy atom. The van der Waals surface area contributed by atoms with Gasteiger partial charge in [0.05, 0.1) is 18.9 Å². The molecule has 1 unspecified atom stereocenters. The minimum absolute atomic E-state index is 0.0589. The van der Waals surface area contributed by atoms with E-state index in [4.69, 9.17) is 9.26 Å². The Morgan fingerprint density at radius 1 is 0.804 bits per heavy atom. The molecule has 11 heteroatoms. The Kier molecular flexibility index (Phi) is 15.2. The van der Waals surface area contributed by atoms with E-state index in [0.717, 1.165) is 36.8 Å². The molecule has 2 aromatic rings. The lowest BCUT2D eigenvalue weighted by molar-refractivity contribution is -0.131. The Morgan fingerprint density at radius 2 is 1.35 bits per heavy atom. The zero-order valence-electron chi connectivity index (χ0n) is 27.7. The summed E-state index contributed by atoms with van der Waals surface area (Å²) in [6.45, 7) is 7.27. The minimum atomic E-state index is -3.22. The number of nitrogens with one attached hydrogen (secondary N) is 3. The molecule has 1 aliphatic carbocycles. The molecule has 0 aliphatic heterocycles. The number of ether oxygens (including phenoxy) is 1. The summed E-state index contributed by atoms with van der Waals surface area (Å²) < 4.78 is 25.4. The number of hydrogen-bond donors (Lipinski definition) is 4. The average Bonchev–Trinajstić information content (AvgIpc) is 3.04. The quantitative estimate of drug-likeness (QED) is 0.162. The van der Waals surface area contributed by atoms with Crippen LogP contribution in [0.15, 0.2) is 60.7 Å². The highest BCUT2D eigenvalue weighted by atomic mass is 31.2. The number of carbonyl (C=O) groups is 3. The molecule has 0 radical (unpaired) electrons. The third-order valence-electron chi connectivity index (χ3n) is 8.25. The summed E-state index contributed by atoms with van der Waals surface area (Å²) in [7, 11) is -3.22. The first-order valence-corrected chi connectivity index (χ1v) is 18.4. The Hall–Kier alpha value is -3.20. The van der Waals surface area contributed by atoms with Gasteiger partial charge in [-0.15, -0.1) is 0 Å². The number of carbonyl (C=O) groups excluding carboxylic acids is 3. The Labute approximate surface area is 273 Å². The van der Waals surface area contributed by atoms with Crippen LogP contribution in [0, 0.1) is 17.8 Å². The van der Waals surface area contributed by atoms with Gasteiger partial charge in [0, 0.05) is 12.7 Å². The Balaban J connectivity index is 1.56. The molecule has 0 saturated heterocycles. The van der Waals surface area contributed by atoms with Crippen LogP contribution in [0.2, 0.25) is 0 Å². The third kappa shape index (κ3) is 12.9. The number of alkyl carbamates (subject to hydrolysis) is 1. The molecule has 1 saturated carbocycles. The van der Waals surface area contributed by atoms with Crippen molar-refractivity contribution in [3.8, 4) is 0 Å². The van der Waals surface area contributed by atoms with E-state index in [0.29, 0.717) is 6.16 Å². The van der Waals surface area contributed by atoms with Gasteiger partial charge >= 0.3 is 6.09 Å². The molecule has 3 rings (SSSR count). The van der Waals surface area contributed by atoms with Crippen LogP contribution in [0.5, 0.6) is 0 Å². The second-order valence-corrected chi connectivity index (χ2v) is 15.6. The van der Waals surface area contributed by atoms with Crippen LogP contribution < -0.4 is 16.0 Å². The van der Waals surface area contributed by atoms with E-state index in [1.165, 1.54) is 6.42 Å². The van der Waals surface area contributed by atoms with Gasteiger partial charge in [0.25, 0.3) is 0 Å². The molecule has 254 valence electrons. The van der Waals surface area contributed by atoms with Crippen LogP contribution in [0.3, 0.4) is 0 Å². The van der Waals surface area contributed by atoms with Gasteiger partial charge in [0.2, 0.25) is 19.2 Å². The molecule has 46 heavy (non-hydrogen) atoms. The predicted octanol–water partition coefficient (Wildman–Crippen LogP) is 5.63. The van der Waals surface area contributed by atoms with Crippen molar-refractivity contribution in [1.82, 2.24) is 16.0 Å². The average molecular weight is 658 g/mol. The van der Waals surface area contributed by atoms with Crippen LogP contribution in [0.4, 0.5) is 4.79 Å². The second kappa shape index (κ2) is 18.8. The zero-order chi connectivity index (χ0) is 33.5. The Bertz CT molecular complexity index is 1270. The molecule has 3 amide bonds. The van der Waals surface area contributed by atoms with Crippen molar-refractivity contribution in [1.29, 1.82) is 0 Å². The highest BCUT2D eigenvalue weighted by molar-refractivity contribution is 7.59. The van der Waals surface area contributed by atoms with Crippen molar-refractivity contribution in [2.24, 2.45) is 17.8 Å². The van der Waals surface area contributed by atoms with Crippen LogP contribution in [0.25, 0.3) is 0 Å². The van der Waals surface area contributed by atoms with Crippen molar-refractivity contribution in [2.75, 3.05) is 18.9 Å². The van der Waals surface area contributed by atoms with Gasteiger partial charge in [0.15, 0.2) is 0 Å². The van der Waals surface area contributed by atoms with Gasteiger partial charge < -0.3 is 30.3 Å². The van der Waals surface area contributed by atoms with Gasteiger partial charge in [-0.2, -0.15) is 0 Å². The van der Waals surface area contributed by atoms with Crippen LogP contribution in [-0.4, -0.2) is 60.1 Å². The topological polar surface area (TPSA) is 143 Å². The molecule has 0 heterocycles. The predicted molar refractivity (Wildman–Crippen MR) is 179 cm³/mol. The summed E-state index contributed by atoms with van der Waals surface area (Å²) in [5, 5.41) is 19.0. The lowest BCUT2D eigenvalue weighted by Crippen LogP contribution is -2.57. The zero-order valence-corrected chi connectivity index (χ0v) is 28.5. The van der Waals surface area contributed by atoms with E-state index in [-0.39, 0.29) is 43.7 Å². The fourth-order valence-electron chi connectivity index (χ4n) is 5.63. The van der Waals surface area contributed by atoms with E-state index in [2.05, 4.69) is 16.0 Å². The van der Waals surface area contributed by atoms with Gasteiger partial charge in [0.1, 0.15) is 18.7 Å². The summed E-state index contributed by atoms with van der Waals surface area (Å²) in [4.78, 5) is 39.0. The van der Waals surface area contributed by atoms with Gasteiger partial charge in [-0.25, -0.2) is 4.79 Å². The summed E-state index contributed by atoms with van der Waals surface area (Å²) >= 11 is 0. The maximum Gasteiger partial charge on any atom is 0.408 e. The lowest BCUT2D eigenvalue weighted by Gasteiger charge is -2.29. The molecule has 4 N–H and O–H groups in total. The number of aliphatic hydroxyl groups is 1. The fraction of sp³-hybridized carbons (Fsp3) is 0.571. The molecular weight excluding hydrogens is 605 g/mol. The van der Waals surface area contributed by atoms with Crippen molar-refractivity contribution in [3.63, 3.8) is 0 Å². The van der Waals surface area contributed by atoms with Crippen LogP contribution >= 0.6 is 7.37 Å². The SMILES string of the molecule is CC(C)[C@H](NC(=O)OCc1ccccc1)C(=O)N[C@@H](C(=O)NC[C@H](O)CP(=O)(CC1CCCCC1)OCc1ccccc1)C(C)C. The van der Waals surface area contributed by atoms with Gasteiger partial charge in [-0.3, -0.25) is 14.2 Å². The molecule has 4 atom stereocenters. The fourth-order valence-corrected chi connectivity index (χ4v) is 8.30. The molecule has 10 nitrogen and oxygen atoms in total. The van der Waals surface area contributed by atoms with Crippen LogP contribution in [-0.2, 0) is 36.6 Å². The van der Waals surface area contributed by atoms with Gasteiger partial charge in [-0.05, 0) is 41.7 Å². The summed E-state index contributed by atoms with van der Waals surface area (Å²) in [6.07, 6.45) is 3.89. The summed E-state index contributed by atoms with van der Waals surface area (Å²) in [6, 6.07) is 16.9. The van der Waals surface area contributed by atoms with Crippen molar-refractivity contribution in [2.45, 2.75) is 91.2 Å². The molecule has 0 spiro atoms. The molecule has 0 aromatic heterocycles. The van der Waals surface area contributed by atoms with Crippen molar-refractivity contribution < 1.29 is 33.3 Å². The number of benzene rings is 2. The number of amides is 3. The van der Waals surface area contributed by atoms with E-state index >= 15 is 0 Å². The minimum Gasteiger partial charge on any atom is -0.445 e. The smallest absolute Gasteiger partial charge is 0.408 e. The standard InChI is InChI=1S/C35H52N3O7P/c1-25(2)31(37-34(41)32(26(3)4)38-35(42)44-21-27-14-8-5-9-15-27)33(40)36-20-30(39)24-46(43,23-29-18-12-7-13-19-29)45-22-28-16-10-6-11-17-28/h5-6,8-11,14-17,25-26,29-32,39H,7,12-13,18-24H2,1-4H3,(H,36,40)(H,37,41)(H,38,42)/t30-,31+,32-,46?/m0/s1. The van der Waals surface area contributed by atoms with Gasteiger partial charge in [-0.1, -0.05) is 108 Å². The van der Waals surface area contributed by atoms with E-state index < -0.39 is 43.5 Å². The first kappa shape index (κ1) is 37.3. The van der Waals surface area contributed by atoms with E-state index in [1.807, 2.05) is 60.7 Å². The largest absolute Gasteiger partial charge is 0.445 e. The maximum atomic E-state index is 14.1. The maximum absolute atomic E-state index is 14.1. The number of hydrogen-bond acceptors (Lipinski definition) is 7. The first-order valence-electron chi connectivity index (χ1n) is 16.5. The number of rotatable bonds is 17. The van der Waals surface area contributed by atoms with Crippen molar-refractivity contribution in [3.05, 3.63) is 71.8 Å². The third-order valence-corrected chi connectivity index (χ3v) is 10.9. The summed E-state index contributed by atoms with van der Waals surface area (Å²) in [5.74, 6) is -1.28. The van der Waals surface area contributed by atoms with Crippen molar-refractivity contribution >= 4 is 25.3 Å². The first-order chi connectivity index (χ1) is 22.0. The normalized spacial score (nSPS) is 17.0. The highest BCUT2D eigenvalue weighted by Gasteiger charge is 2.33. The highest BCUT2D eigenvalue weighted by Crippen LogP contribution is 2.51. The number of aliphatic hydroxyl groups excluding tert-OH is 1. The molecule has 1 fully saturated rings. The van der Waals surface area contributed by atoms with E-state index in [1.54, 1.807) is 27.7 Å². The molecule has 1 aliphatic rings. The lowest BCUT2D eigenvalue weighted by atomic mass is 9.91. The van der Waals surface area contributed by atoms with E-state index in [9.17, 15) is 24.1 Å². The molecule has 0 bridgehead atoms. The molecule has 2 aromatic carbocycles. The second-order valence-electron chi connectivity index (χ2n) is 13.0. The molecular formula is C35H52N3O7P. The summed E-state index contributed by atoms with van der Waals surface area (Å²) in [5.41, 5.74) is 1.72. The van der Waals surface area contributed by atoms with Crippen LogP contribution in [0.1, 0.15) is 70.9 Å².